The predicted molar refractivity (Wildman–Crippen MR) is 106 cm³/mol. The second kappa shape index (κ2) is 8.08. The van der Waals surface area contributed by atoms with Crippen LogP contribution in [0.2, 0.25) is 5.02 Å². The number of nitrogens with zero attached hydrogens (tertiary/aromatic N) is 2. The van der Waals surface area contributed by atoms with Crippen molar-refractivity contribution in [1.29, 1.82) is 0 Å². The second-order valence-electron chi connectivity index (χ2n) is 7.02. The molecule has 0 spiro atoms. The number of amides is 1. The number of hydrogen-bond donors (Lipinski definition) is 2. The minimum Gasteiger partial charge on any atom is -0.445 e. The Labute approximate surface area is 170 Å². The quantitative estimate of drug-likeness (QED) is 0.680. The number of hydrogen-bond acceptors (Lipinski definition) is 5. The van der Waals surface area contributed by atoms with Crippen molar-refractivity contribution in [3.05, 3.63) is 85.3 Å². The summed E-state index contributed by atoms with van der Waals surface area (Å²) < 4.78 is 5.93. The molecule has 1 atom stereocenters. The number of oxazole rings is 1. The van der Waals surface area contributed by atoms with Crippen LogP contribution >= 0.6 is 11.6 Å². The fourth-order valence-corrected chi connectivity index (χ4v) is 3.74. The molecule has 150 valence electrons. The molecule has 0 bridgehead atoms. The Hall–Kier alpha value is -3.13. The number of carbonyl (C=O) groups is 1. The summed E-state index contributed by atoms with van der Waals surface area (Å²) in [6.45, 7) is 0.942. The number of H-pyrrole nitrogens is 2. The third kappa shape index (κ3) is 4.32. The highest BCUT2D eigenvalue weighted by Crippen LogP contribution is 2.28. The smallest absolute Gasteiger partial charge is 0.326 e. The molecular weight excluding hydrogens is 396 g/mol. The van der Waals surface area contributed by atoms with Crippen molar-refractivity contribution in [3.63, 3.8) is 0 Å². The van der Waals surface area contributed by atoms with Gasteiger partial charge >= 0.3 is 5.69 Å². The molecule has 1 fully saturated rings. The molecule has 8 nitrogen and oxygen atoms in total. The minimum absolute atomic E-state index is 0.0220. The van der Waals surface area contributed by atoms with Crippen LogP contribution in [0.25, 0.3) is 0 Å². The Balaban J connectivity index is 1.48. The Morgan fingerprint density at radius 1 is 1.28 bits per heavy atom. The van der Waals surface area contributed by atoms with Gasteiger partial charge in [0.15, 0.2) is 5.89 Å². The first-order valence-electron chi connectivity index (χ1n) is 9.30. The third-order valence-corrected chi connectivity index (χ3v) is 5.31. The molecule has 2 aromatic heterocycles. The second-order valence-corrected chi connectivity index (χ2v) is 7.43. The molecule has 4 rings (SSSR count). The number of rotatable bonds is 4. The molecule has 3 heterocycles. The van der Waals surface area contributed by atoms with Gasteiger partial charge in [0.2, 0.25) is 0 Å². The Morgan fingerprint density at radius 3 is 2.90 bits per heavy atom. The molecule has 29 heavy (non-hydrogen) atoms. The summed E-state index contributed by atoms with van der Waals surface area (Å²) in [5.74, 6) is 0.835. The van der Waals surface area contributed by atoms with E-state index >= 15 is 0 Å². The van der Waals surface area contributed by atoms with Crippen molar-refractivity contribution in [2.24, 2.45) is 0 Å². The average molecular weight is 415 g/mol. The van der Waals surface area contributed by atoms with Gasteiger partial charge in [0.25, 0.3) is 11.5 Å². The molecule has 1 aromatic carbocycles. The minimum atomic E-state index is -0.702. The fourth-order valence-electron chi connectivity index (χ4n) is 3.54. The zero-order valence-corrected chi connectivity index (χ0v) is 16.2. The number of likely N-dealkylation sites (tertiary alicyclic amines) is 1. The number of carbonyl (C=O) groups excluding carboxylic acids is 1. The lowest BCUT2D eigenvalue weighted by atomic mass is 9.97. The van der Waals surface area contributed by atoms with Gasteiger partial charge in [0.05, 0.1) is 12.1 Å². The van der Waals surface area contributed by atoms with Crippen molar-refractivity contribution < 1.29 is 9.21 Å². The van der Waals surface area contributed by atoms with Crippen molar-refractivity contribution >= 4 is 17.5 Å². The van der Waals surface area contributed by atoms with Crippen molar-refractivity contribution in [1.82, 2.24) is 19.9 Å². The number of benzene rings is 1. The van der Waals surface area contributed by atoms with E-state index in [4.69, 9.17) is 16.0 Å². The van der Waals surface area contributed by atoms with E-state index in [-0.39, 0.29) is 17.5 Å². The molecule has 1 amide bonds. The SMILES string of the molecule is O=C(c1cc(=O)[nH]c(=O)[nH]1)N1CCC[C@H](c2ncc(Cc3ccccc3Cl)o2)C1. The molecule has 1 saturated heterocycles. The monoisotopic (exact) mass is 414 g/mol. The number of piperidine rings is 1. The van der Waals surface area contributed by atoms with E-state index in [1.807, 2.05) is 24.3 Å². The number of nitrogens with one attached hydrogen (secondary N) is 2. The molecule has 9 heteroatoms. The number of aromatic nitrogens is 3. The summed E-state index contributed by atoms with van der Waals surface area (Å²) in [6.07, 6.45) is 3.83. The maximum absolute atomic E-state index is 12.7. The predicted octanol–water partition coefficient (Wildman–Crippen LogP) is 2.32. The molecule has 3 aromatic rings. The van der Waals surface area contributed by atoms with Crippen LogP contribution in [-0.2, 0) is 6.42 Å². The van der Waals surface area contributed by atoms with Gasteiger partial charge in [-0.15, -0.1) is 0 Å². The maximum Gasteiger partial charge on any atom is 0.326 e. The highest BCUT2D eigenvalue weighted by atomic mass is 35.5. The van der Waals surface area contributed by atoms with Crippen molar-refractivity contribution in [2.75, 3.05) is 13.1 Å². The largest absolute Gasteiger partial charge is 0.445 e. The molecule has 0 aliphatic carbocycles. The van der Waals surface area contributed by atoms with Crippen molar-refractivity contribution in [3.8, 4) is 0 Å². The van der Waals surface area contributed by atoms with Gasteiger partial charge in [-0.25, -0.2) is 9.78 Å². The normalized spacial score (nSPS) is 16.7. The first-order valence-corrected chi connectivity index (χ1v) is 9.68. The highest BCUT2D eigenvalue weighted by Gasteiger charge is 2.29. The lowest BCUT2D eigenvalue weighted by Gasteiger charge is -2.31. The zero-order valence-electron chi connectivity index (χ0n) is 15.5. The lowest BCUT2D eigenvalue weighted by molar-refractivity contribution is 0.0691. The van der Waals surface area contributed by atoms with Crippen LogP contribution in [0.15, 0.2) is 50.5 Å². The maximum atomic E-state index is 12.7. The summed E-state index contributed by atoms with van der Waals surface area (Å²) in [7, 11) is 0. The van der Waals surface area contributed by atoms with Crippen LogP contribution in [0.5, 0.6) is 0 Å². The van der Waals surface area contributed by atoms with Gasteiger partial charge in [-0.2, -0.15) is 0 Å². The van der Waals surface area contributed by atoms with Crippen LogP contribution in [0.1, 0.15) is 46.5 Å². The Morgan fingerprint density at radius 2 is 2.10 bits per heavy atom. The molecule has 1 aliphatic rings. The number of halogens is 1. The molecular formula is C20H19ClN4O4. The van der Waals surface area contributed by atoms with Gasteiger partial charge in [0.1, 0.15) is 11.5 Å². The summed E-state index contributed by atoms with van der Waals surface area (Å²) in [5.41, 5.74) is -0.379. The van der Waals surface area contributed by atoms with E-state index in [1.54, 1.807) is 11.1 Å². The number of aromatic amines is 2. The van der Waals surface area contributed by atoms with Crippen LogP contribution in [0.3, 0.4) is 0 Å². The average Bonchev–Trinajstić information content (AvgIpc) is 3.17. The van der Waals surface area contributed by atoms with Gasteiger partial charge in [0, 0.05) is 30.6 Å². The highest BCUT2D eigenvalue weighted by molar-refractivity contribution is 6.31. The molecule has 2 N–H and O–H groups in total. The van der Waals surface area contributed by atoms with E-state index in [1.165, 1.54) is 0 Å². The first-order chi connectivity index (χ1) is 14.0. The van der Waals surface area contributed by atoms with E-state index in [9.17, 15) is 14.4 Å². The fraction of sp³-hybridized carbons (Fsp3) is 0.300. The van der Waals surface area contributed by atoms with Gasteiger partial charge in [-0.05, 0) is 24.5 Å². The lowest BCUT2D eigenvalue weighted by Crippen LogP contribution is -2.41. The van der Waals surface area contributed by atoms with E-state index in [0.29, 0.717) is 36.2 Å². The first kappa shape index (κ1) is 19.2. The summed E-state index contributed by atoms with van der Waals surface area (Å²) in [4.78, 5) is 46.1. The summed E-state index contributed by atoms with van der Waals surface area (Å²) in [5, 5.41) is 0.673. The van der Waals surface area contributed by atoms with Crippen LogP contribution in [0, 0.1) is 0 Å². The molecule has 0 saturated carbocycles. The van der Waals surface area contributed by atoms with Gasteiger partial charge < -0.3 is 14.3 Å². The van der Waals surface area contributed by atoms with Crippen LogP contribution < -0.4 is 11.2 Å². The van der Waals surface area contributed by atoms with Crippen LogP contribution in [0.4, 0.5) is 0 Å². The van der Waals surface area contributed by atoms with Crippen LogP contribution in [-0.4, -0.2) is 38.8 Å². The topological polar surface area (TPSA) is 112 Å². The third-order valence-electron chi connectivity index (χ3n) is 4.94. The molecule has 0 unspecified atom stereocenters. The van der Waals surface area contributed by atoms with E-state index in [2.05, 4.69) is 15.0 Å². The molecule has 1 aliphatic heterocycles. The summed E-state index contributed by atoms with van der Waals surface area (Å²) in [6, 6.07) is 8.66. The standard InChI is InChI=1S/C20H19ClN4O4/c21-15-6-2-1-4-12(15)8-14-10-22-18(29-14)13-5-3-7-25(11-13)19(27)16-9-17(26)24-20(28)23-16/h1-2,4,6,9-10,13H,3,5,7-8,11H2,(H2,23,24,26,28)/t13-/m0/s1. The van der Waals surface area contributed by atoms with Crippen molar-refractivity contribution in [2.45, 2.75) is 25.2 Å². The van der Waals surface area contributed by atoms with E-state index < -0.39 is 11.2 Å². The zero-order chi connectivity index (χ0) is 20.4. The Kier molecular flexibility index (Phi) is 5.35. The van der Waals surface area contributed by atoms with Gasteiger partial charge in [-0.3, -0.25) is 14.6 Å². The van der Waals surface area contributed by atoms with E-state index in [0.717, 1.165) is 24.5 Å². The van der Waals surface area contributed by atoms with Gasteiger partial charge in [-0.1, -0.05) is 29.8 Å². The molecule has 0 radical (unpaired) electrons. The summed E-state index contributed by atoms with van der Waals surface area (Å²) >= 11 is 6.21. The Bertz CT molecular complexity index is 1120.